The topological polar surface area (TPSA) is 70.2 Å². The number of halogens is 2. The Balaban J connectivity index is 1.71. The summed E-state index contributed by atoms with van der Waals surface area (Å²) in [7, 11) is 2.07. The minimum atomic E-state index is -2.63. The number of aromatic nitrogens is 2. The molecule has 4 rings (SSSR count). The van der Waals surface area contributed by atoms with Gasteiger partial charge in [-0.2, -0.15) is 0 Å². The first-order chi connectivity index (χ1) is 14.4. The summed E-state index contributed by atoms with van der Waals surface area (Å²) in [6.45, 7) is 5.45. The zero-order chi connectivity index (χ0) is 21.3. The lowest BCUT2D eigenvalue weighted by Crippen LogP contribution is -2.57. The van der Waals surface area contributed by atoms with Crippen LogP contribution in [0.15, 0.2) is 24.5 Å². The third-order valence-electron chi connectivity index (χ3n) is 6.37. The van der Waals surface area contributed by atoms with E-state index in [1.54, 1.807) is 6.07 Å². The summed E-state index contributed by atoms with van der Waals surface area (Å²) in [5, 5.41) is 6.70. The molecule has 0 radical (unpaired) electrons. The first-order valence-corrected chi connectivity index (χ1v) is 10.6. The highest BCUT2D eigenvalue weighted by Gasteiger charge is 2.40. The Bertz CT molecular complexity index is 924. The number of carbonyl (C=O) groups excluding carboxylic acids is 1. The summed E-state index contributed by atoms with van der Waals surface area (Å²) in [5.74, 6) is 0.665. The number of hydrogen-bond acceptors (Lipinski definition) is 5. The second kappa shape index (κ2) is 8.51. The number of carbonyl (C=O) groups is 1. The average molecular weight is 418 g/mol. The minimum Gasteiger partial charge on any atom is -0.345 e. The van der Waals surface area contributed by atoms with Crippen LogP contribution in [0.4, 0.5) is 8.78 Å². The molecule has 3 heterocycles. The Morgan fingerprint density at radius 3 is 2.77 bits per heavy atom. The van der Waals surface area contributed by atoms with Crippen LogP contribution in [0.1, 0.15) is 43.7 Å². The number of nitrogens with zero attached hydrogens (tertiary/aromatic N) is 3. The molecular formula is C22H29F2N5O. The molecular weight excluding hydrogens is 388 g/mol. The molecule has 162 valence electrons. The summed E-state index contributed by atoms with van der Waals surface area (Å²) in [4.78, 5) is 23.9. The molecule has 3 atom stereocenters. The fourth-order valence-corrected chi connectivity index (χ4v) is 5.05. The Kier molecular flexibility index (Phi) is 5.97. The molecule has 1 amide bonds. The predicted molar refractivity (Wildman–Crippen MR) is 111 cm³/mol. The van der Waals surface area contributed by atoms with Crippen LogP contribution in [-0.4, -0.2) is 54.0 Å². The van der Waals surface area contributed by atoms with Crippen LogP contribution in [0.2, 0.25) is 0 Å². The van der Waals surface area contributed by atoms with Crippen LogP contribution >= 0.6 is 0 Å². The number of fused-ring (bicyclic) bond motifs is 1. The molecule has 8 heteroatoms. The molecule has 2 aliphatic rings. The van der Waals surface area contributed by atoms with Gasteiger partial charge < -0.3 is 15.5 Å². The number of benzene rings is 1. The number of likely N-dealkylation sites (tertiary alicyclic amines) is 1. The summed E-state index contributed by atoms with van der Waals surface area (Å²) in [6.07, 6.45) is 2.52. The van der Waals surface area contributed by atoms with Crippen molar-refractivity contribution in [3.8, 4) is 0 Å². The third kappa shape index (κ3) is 4.16. The van der Waals surface area contributed by atoms with Crippen molar-refractivity contribution in [3.05, 3.63) is 35.7 Å². The maximum absolute atomic E-state index is 13.5. The SMILES string of the molecule is C[C@@H]1CNC[C@](NC(=O)CC2CCN(C)C2)(c2ccc(C(F)F)c3nccnc23)C1. The van der Waals surface area contributed by atoms with E-state index in [0.29, 0.717) is 30.3 Å². The quantitative estimate of drug-likeness (QED) is 0.783. The van der Waals surface area contributed by atoms with Crippen LogP contribution in [0.5, 0.6) is 0 Å². The molecule has 0 saturated carbocycles. The maximum atomic E-state index is 13.5. The maximum Gasteiger partial charge on any atom is 0.266 e. The van der Waals surface area contributed by atoms with Crippen LogP contribution in [0, 0.1) is 11.8 Å². The molecule has 6 nitrogen and oxygen atoms in total. The summed E-state index contributed by atoms with van der Waals surface area (Å²) < 4.78 is 27.1. The fourth-order valence-electron chi connectivity index (χ4n) is 5.05. The molecule has 30 heavy (non-hydrogen) atoms. The average Bonchev–Trinajstić information content (AvgIpc) is 3.11. The van der Waals surface area contributed by atoms with Gasteiger partial charge >= 0.3 is 0 Å². The zero-order valence-electron chi connectivity index (χ0n) is 17.5. The molecule has 2 aromatic rings. The van der Waals surface area contributed by atoms with Gasteiger partial charge in [0.1, 0.15) is 0 Å². The van der Waals surface area contributed by atoms with E-state index in [4.69, 9.17) is 0 Å². The van der Waals surface area contributed by atoms with E-state index in [9.17, 15) is 13.6 Å². The van der Waals surface area contributed by atoms with Crippen molar-refractivity contribution in [2.24, 2.45) is 11.8 Å². The standard InChI is InChI=1S/C22H29F2N5O/c1-14-10-22(13-25-11-14,28-18(30)9-15-5-8-29(2)12-15)17-4-3-16(21(23)24)19-20(17)27-7-6-26-19/h3-4,6-7,14-15,21,25H,5,8-13H2,1-2H3,(H,28,30)/t14-,15?,22-/m0/s1. The van der Waals surface area contributed by atoms with Crippen molar-refractivity contribution in [1.82, 2.24) is 25.5 Å². The summed E-state index contributed by atoms with van der Waals surface area (Å²) in [6, 6.07) is 3.12. The molecule has 2 N–H and O–H groups in total. The number of nitrogens with one attached hydrogen (secondary N) is 2. The van der Waals surface area contributed by atoms with Gasteiger partial charge in [-0.3, -0.25) is 14.8 Å². The van der Waals surface area contributed by atoms with Gasteiger partial charge in [-0.05, 0) is 44.8 Å². The van der Waals surface area contributed by atoms with Crippen molar-refractivity contribution in [2.45, 2.75) is 38.2 Å². The Hall–Kier alpha value is -2.19. The molecule has 2 saturated heterocycles. The van der Waals surface area contributed by atoms with Crippen molar-refractivity contribution in [1.29, 1.82) is 0 Å². The van der Waals surface area contributed by atoms with Gasteiger partial charge in [0.2, 0.25) is 5.91 Å². The van der Waals surface area contributed by atoms with Gasteiger partial charge in [-0.15, -0.1) is 0 Å². The lowest BCUT2D eigenvalue weighted by Gasteiger charge is -2.42. The second-order valence-electron chi connectivity index (χ2n) is 8.95. The second-order valence-corrected chi connectivity index (χ2v) is 8.95. The molecule has 0 spiro atoms. The molecule has 1 unspecified atom stereocenters. The van der Waals surface area contributed by atoms with Crippen molar-refractivity contribution < 1.29 is 13.6 Å². The van der Waals surface area contributed by atoms with Crippen molar-refractivity contribution in [2.75, 3.05) is 33.2 Å². The highest BCUT2D eigenvalue weighted by Crippen LogP contribution is 2.37. The van der Waals surface area contributed by atoms with Crippen LogP contribution in [-0.2, 0) is 10.3 Å². The van der Waals surface area contributed by atoms with E-state index >= 15 is 0 Å². The fraction of sp³-hybridized carbons (Fsp3) is 0.591. The van der Waals surface area contributed by atoms with Gasteiger partial charge in [0.25, 0.3) is 6.43 Å². The van der Waals surface area contributed by atoms with Gasteiger partial charge in [0.05, 0.1) is 16.6 Å². The Morgan fingerprint density at radius 2 is 2.10 bits per heavy atom. The summed E-state index contributed by atoms with van der Waals surface area (Å²) in [5.41, 5.74) is 0.565. The molecule has 2 aliphatic heterocycles. The minimum absolute atomic E-state index is 0.00109. The number of hydrogen-bond donors (Lipinski definition) is 2. The molecule has 1 aromatic carbocycles. The Labute approximate surface area is 175 Å². The van der Waals surface area contributed by atoms with E-state index in [1.807, 2.05) is 0 Å². The summed E-state index contributed by atoms with van der Waals surface area (Å²) >= 11 is 0. The van der Waals surface area contributed by atoms with Crippen LogP contribution < -0.4 is 10.6 Å². The smallest absolute Gasteiger partial charge is 0.266 e. The van der Waals surface area contributed by atoms with E-state index in [1.165, 1.54) is 18.5 Å². The normalized spacial score (nSPS) is 27.6. The van der Waals surface area contributed by atoms with Crippen molar-refractivity contribution >= 4 is 16.9 Å². The van der Waals surface area contributed by atoms with Crippen LogP contribution in [0.3, 0.4) is 0 Å². The van der Waals surface area contributed by atoms with Gasteiger partial charge in [-0.25, -0.2) is 8.78 Å². The number of amides is 1. The Morgan fingerprint density at radius 1 is 1.33 bits per heavy atom. The lowest BCUT2D eigenvalue weighted by atomic mass is 9.77. The highest BCUT2D eigenvalue weighted by atomic mass is 19.3. The largest absolute Gasteiger partial charge is 0.345 e. The molecule has 1 aromatic heterocycles. The van der Waals surface area contributed by atoms with Crippen LogP contribution in [0.25, 0.3) is 11.0 Å². The number of piperidine rings is 1. The first kappa shape index (κ1) is 21.1. The van der Waals surface area contributed by atoms with Crippen molar-refractivity contribution in [3.63, 3.8) is 0 Å². The van der Waals surface area contributed by atoms with Gasteiger partial charge in [0, 0.05) is 43.0 Å². The zero-order valence-corrected chi connectivity index (χ0v) is 17.5. The van der Waals surface area contributed by atoms with E-state index in [2.05, 4.69) is 39.5 Å². The molecule has 0 aliphatic carbocycles. The number of alkyl halides is 2. The van der Waals surface area contributed by atoms with E-state index in [0.717, 1.165) is 38.0 Å². The number of rotatable bonds is 5. The monoisotopic (exact) mass is 417 g/mol. The highest BCUT2D eigenvalue weighted by molar-refractivity contribution is 5.84. The van der Waals surface area contributed by atoms with Gasteiger partial charge in [0.15, 0.2) is 0 Å². The van der Waals surface area contributed by atoms with Gasteiger partial charge in [-0.1, -0.05) is 19.1 Å². The lowest BCUT2D eigenvalue weighted by molar-refractivity contribution is -0.124. The van der Waals surface area contributed by atoms with E-state index in [-0.39, 0.29) is 17.0 Å². The predicted octanol–water partition coefficient (Wildman–Crippen LogP) is 2.85. The van der Waals surface area contributed by atoms with E-state index < -0.39 is 12.0 Å². The third-order valence-corrected chi connectivity index (χ3v) is 6.37. The molecule has 0 bridgehead atoms. The first-order valence-electron chi connectivity index (χ1n) is 10.6. The molecule has 2 fully saturated rings.